The quantitative estimate of drug-likeness (QED) is 0.830. The summed E-state index contributed by atoms with van der Waals surface area (Å²) in [6.07, 6.45) is -7.19. The van der Waals surface area contributed by atoms with Gasteiger partial charge in [0.2, 0.25) is 0 Å². The molecule has 0 saturated carbocycles. The molecule has 0 aliphatic carbocycles. The van der Waals surface area contributed by atoms with Crippen LogP contribution in [-0.2, 0) is 0 Å². The fourth-order valence-electron chi connectivity index (χ4n) is 1.24. The number of halogens is 3. The number of rotatable bonds is 2. The van der Waals surface area contributed by atoms with E-state index in [0.29, 0.717) is 5.56 Å². The summed E-state index contributed by atoms with van der Waals surface area (Å²) in [5.41, 5.74) is 0.374. The summed E-state index contributed by atoms with van der Waals surface area (Å²) < 4.78 is 41.6. The van der Waals surface area contributed by atoms with Crippen LogP contribution in [0.5, 0.6) is 5.75 Å². The van der Waals surface area contributed by atoms with Gasteiger partial charge in [0.05, 0.1) is 7.11 Å². The third-order valence-corrected chi connectivity index (χ3v) is 1.99. The molecule has 0 fully saturated rings. The van der Waals surface area contributed by atoms with E-state index in [4.69, 9.17) is 9.84 Å². The number of aryl methyl sites for hydroxylation is 1. The van der Waals surface area contributed by atoms with E-state index in [2.05, 4.69) is 0 Å². The summed E-state index contributed by atoms with van der Waals surface area (Å²) in [6.45, 7) is 1.64. The zero-order valence-electron chi connectivity index (χ0n) is 8.30. The van der Waals surface area contributed by atoms with Gasteiger partial charge in [-0.25, -0.2) is 0 Å². The van der Waals surface area contributed by atoms with Gasteiger partial charge in [-0.15, -0.1) is 0 Å². The molecule has 0 aliphatic heterocycles. The van der Waals surface area contributed by atoms with Crippen molar-refractivity contribution in [2.75, 3.05) is 7.11 Å². The predicted octanol–water partition coefficient (Wildman–Crippen LogP) is 2.60. The van der Waals surface area contributed by atoms with E-state index in [-0.39, 0.29) is 11.3 Å². The minimum atomic E-state index is -4.68. The van der Waals surface area contributed by atoms with Crippen LogP contribution in [0, 0.1) is 6.92 Å². The molecule has 1 rings (SSSR count). The molecule has 84 valence electrons. The lowest BCUT2D eigenvalue weighted by Gasteiger charge is -2.17. The van der Waals surface area contributed by atoms with Gasteiger partial charge in [0.15, 0.2) is 6.10 Å². The fraction of sp³-hybridized carbons (Fsp3) is 0.400. The van der Waals surface area contributed by atoms with Crippen molar-refractivity contribution >= 4 is 0 Å². The van der Waals surface area contributed by atoms with E-state index in [1.165, 1.54) is 19.2 Å². The number of benzene rings is 1. The van der Waals surface area contributed by atoms with Crippen LogP contribution in [-0.4, -0.2) is 18.4 Å². The Labute approximate surface area is 85.3 Å². The van der Waals surface area contributed by atoms with E-state index in [9.17, 15) is 13.2 Å². The lowest BCUT2D eigenvalue weighted by molar-refractivity contribution is -0.207. The molecular weight excluding hydrogens is 209 g/mol. The third kappa shape index (κ3) is 2.62. The molecule has 1 aromatic rings. The maximum atomic E-state index is 12.3. The molecule has 5 heteroatoms. The number of ether oxygens (including phenoxy) is 1. The van der Waals surface area contributed by atoms with Gasteiger partial charge in [-0.05, 0) is 19.1 Å². The lowest BCUT2D eigenvalue weighted by atomic mass is 10.1. The molecule has 0 spiro atoms. The number of aliphatic hydroxyl groups is 1. The average Bonchev–Trinajstić information content (AvgIpc) is 2.15. The van der Waals surface area contributed by atoms with Gasteiger partial charge in [-0.3, -0.25) is 0 Å². The summed E-state index contributed by atoms with van der Waals surface area (Å²) in [5.74, 6) is 0.0328. The van der Waals surface area contributed by atoms with Crippen LogP contribution in [0.1, 0.15) is 17.2 Å². The van der Waals surface area contributed by atoms with Crippen molar-refractivity contribution in [2.45, 2.75) is 19.2 Å². The Morgan fingerprint density at radius 1 is 1.33 bits per heavy atom. The summed E-state index contributed by atoms with van der Waals surface area (Å²) in [7, 11) is 1.26. The summed E-state index contributed by atoms with van der Waals surface area (Å²) in [5, 5.41) is 9.09. The van der Waals surface area contributed by atoms with E-state index in [1.54, 1.807) is 13.0 Å². The standard InChI is InChI=1S/C10H11F3O2/c1-6-3-4-8(15-2)7(5-6)9(14)10(11,12)13/h3-5,9,14H,1-2H3/t9-/m0/s1. The first-order chi connectivity index (χ1) is 6.86. The highest BCUT2D eigenvalue weighted by Gasteiger charge is 2.40. The molecule has 0 amide bonds. The average molecular weight is 220 g/mol. The molecule has 0 heterocycles. The summed E-state index contributed by atoms with van der Waals surface area (Å²) >= 11 is 0. The molecule has 0 bridgehead atoms. The van der Waals surface area contributed by atoms with E-state index >= 15 is 0 Å². The zero-order chi connectivity index (χ0) is 11.6. The third-order valence-electron chi connectivity index (χ3n) is 1.99. The smallest absolute Gasteiger partial charge is 0.418 e. The summed E-state index contributed by atoms with van der Waals surface area (Å²) in [4.78, 5) is 0. The highest BCUT2D eigenvalue weighted by Crippen LogP contribution is 2.37. The SMILES string of the molecule is COc1ccc(C)cc1[C@H](O)C(F)(F)F. The van der Waals surface area contributed by atoms with Gasteiger partial charge >= 0.3 is 6.18 Å². The molecule has 0 saturated heterocycles. The van der Waals surface area contributed by atoms with Crippen LogP contribution in [0.2, 0.25) is 0 Å². The van der Waals surface area contributed by atoms with Crippen molar-refractivity contribution in [3.8, 4) is 5.75 Å². The van der Waals surface area contributed by atoms with Gasteiger partial charge in [-0.1, -0.05) is 11.6 Å². The Morgan fingerprint density at radius 3 is 2.40 bits per heavy atom. The first-order valence-corrected chi connectivity index (χ1v) is 4.25. The highest BCUT2D eigenvalue weighted by atomic mass is 19.4. The van der Waals surface area contributed by atoms with Gasteiger partial charge in [0.25, 0.3) is 0 Å². The normalized spacial score (nSPS) is 13.7. The number of hydrogen-bond acceptors (Lipinski definition) is 2. The molecule has 0 unspecified atom stereocenters. The van der Waals surface area contributed by atoms with Crippen molar-refractivity contribution in [1.82, 2.24) is 0 Å². The Bertz CT molecular complexity index is 347. The number of alkyl halides is 3. The van der Waals surface area contributed by atoms with Gasteiger partial charge in [-0.2, -0.15) is 13.2 Å². The van der Waals surface area contributed by atoms with Crippen molar-refractivity contribution in [3.05, 3.63) is 29.3 Å². The largest absolute Gasteiger partial charge is 0.496 e. The topological polar surface area (TPSA) is 29.5 Å². The van der Waals surface area contributed by atoms with E-state index in [0.717, 1.165) is 0 Å². The van der Waals surface area contributed by atoms with Crippen molar-refractivity contribution in [1.29, 1.82) is 0 Å². The van der Waals surface area contributed by atoms with E-state index in [1.807, 2.05) is 0 Å². The lowest BCUT2D eigenvalue weighted by Crippen LogP contribution is -2.20. The van der Waals surface area contributed by atoms with Gasteiger partial charge in [0.1, 0.15) is 5.75 Å². The Morgan fingerprint density at radius 2 is 1.93 bits per heavy atom. The van der Waals surface area contributed by atoms with Gasteiger partial charge < -0.3 is 9.84 Å². The minimum absolute atomic E-state index is 0.0328. The van der Waals surface area contributed by atoms with Crippen molar-refractivity contribution in [3.63, 3.8) is 0 Å². The number of methoxy groups -OCH3 is 1. The molecule has 1 atom stereocenters. The molecule has 2 nitrogen and oxygen atoms in total. The zero-order valence-corrected chi connectivity index (χ0v) is 8.30. The second kappa shape index (κ2) is 4.10. The summed E-state index contributed by atoms with van der Waals surface area (Å²) in [6, 6.07) is 4.28. The van der Waals surface area contributed by atoms with Crippen LogP contribution in [0.4, 0.5) is 13.2 Å². The maximum Gasteiger partial charge on any atom is 0.418 e. The van der Waals surface area contributed by atoms with Crippen molar-refractivity contribution < 1.29 is 23.0 Å². The molecule has 1 aromatic carbocycles. The van der Waals surface area contributed by atoms with Crippen molar-refractivity contribution in [2.24, 2.45) is 0 Å². The van der Waals surface area contributed by atoms with Crippen LogP contribution in [0.3, 0.4) is 0 Å². The first-order valence-electron chi connectivity index (χ1n) is 4.25. The predicted molar refractivity (Wildman–Crippen MR) is 48.7 cm³/mol. The second-order valence-electron chi connectivity index (χ2n) is 3.19. The van der Waals surface area contributed by atoms with Crippen LogP contribution in [0.25, 0.3) is 0 Å². The van der Waals surface area contributed by atoms with E-state index < -0.39 is 12.3 Å². The number of aliphatic hydroxyl groups excluding tert-OH is 1. The Balaban J connectivity index is 3.17. The highest BCUT2D eigenvalue weighted by molar-refractivity contribution is 5.38. The molecule has 1 N–H and O–H groups in total. The Hall–Kier alpha value is -1.23. The van der Waals surface area contributed by atoms with Crippen LogP contribution in [0.15, 0.2) is 18.2 Å². The molecule has 15 heavy (non-hydrogen) atoms. The monoisotopic (exact) mass is 220 g/mol. The maximum absolute atomic E-state index is 12.3. The van der Waals surface area contributed by atoms with Crippen LogP contribution >= 0.6 is 0 Å². The van der Waals surface area contributed by atoms with Gasteiger partial charge in [0, 0.05) is 5.56 Å². The fourth-order valence-corrected chi connectivity index (χ4v) is 1.24. The molecule has 0 aromatic heterocycles. The second-order valence-corrected chi connectivity index (χ2v) is 3.19. The van der Waals surface area contributed by atoms with Crippen LogP contribution < -0.4 is 4.74 Å². The molecule has 0 aliphatic rings. The molecule has 0 radical (unpaired) electrons. The minimum Gasteiger partial charge on any atom is -0.496 e. The molecular formula is C10H11F3O2. The first kappa shape index (κ1) is 11.8. The Kier molecular flexibility index (Phi) is 3.24. The number of hydrogen-bond donors (Lipinski definition) is 1.